The summed E-state index contributed by atoms with van der Waals surface area (Å²) in [5, 5.41) is 2.57. The molecule has 0 radical (unpaired) electrons. The standard InChI is InChI=1S/C6H8N2OS/c7-5(9)4-2-1-3-8-6(4)10/h1-3,6,8,10H,(H2,7,9). The lowest BCUT2D eigenvalue weighted by molar-refractivity contribution is -0.114. The van der Waals surface area contributed by atoms with Crippen LogP contribution in [0.15, 0.2) is 23.9 Å². The fraction of sp³-hybridized carbons (Fsp3) is 0.167. The molecule has 1 unspecified atom stereocenters. The summed E-state index contributed by atoms with van der Waals surface area (Å²) in [7, 11) is 0. The first-order valence-corrected chi connectivity index (χ1v) is 3.34. The van der Waals surface area contributed by atoms with Crippen molar-refractivity contribution in [1.82, 2.24) is 5.32 Å². The van der Waals surface area contributed by atoms with Crippen LogP contribution < -0.4 is 11.1 Å². The van der Waals surface area contributed by atoms with Gasteiger partial charge in [0.25, 0.3) is 0 Å². The van der Waals surface area contributed by atoms with Crippen molar-refractivity contribution in [2.45, 2.75) is 5.37 Å². The van der Waals surface area contributed by atoms with Gasteiger partial charge in [0.15, 0.2) is 0 Å². The van der Waals surface area contributed by atoms with Crippen LogP contribution in [0.2, 0.25) is 0 Å². The molecule has 0 aliphatic carbocycles. The van der Waals surface area contributed by atoms with Gasteiger partial charge in [0, 0.05) is 5.57 Å². The van der Waals surface area contributed by atoms with Gasteiger partial charge >= 0.3 is 0 Å². The molecule has 0 saturated carbocycles. The minimum atomic E-state index is -0.433. The lowest BCUT2D eigenvalue weighted by Gasteiger charge is -2.14. The third-order valence-electron chi connectivity index (χ3n) is 1.21. The van der Waals surface area contributed by atoms with Gasteiger partial charge in [0.1, 0.15) is 5.37 Å². The lowest BCUT2D eigenvalue weighted by Crippen LogP contribution is -2.30. The van der Waals surface area contributed by atoms with Crippen LogP contribution in [0.25, 0.3) is 0 Å². The number of hydrogen-bond donors (Lipinski definition) is 3. The van der Waals surface area contributed by atoms with Crippen molar-refractivity contribution in [2.24, 2.45) is 5.73 Å². The lowest BCUT2D eigenvalue weighted by atomic mass is 10.2. The van der Waals surface area contributed by atoms with Crippen molar-refractivity contribution in [2.75, 3.05) is 0 Å². The Morgan fingerprint density at radius 1 is 1.80 bits per heavy atom. The number of nitrogens with two attached hydrogens (primary N) is 1. The summed E-state index contributed by atoms with van der Waals surface area (Å²) in [6.07, 6.45) is 5.08. The number of allylic oxidation sites excluding steroid dienone is 2. The van der Waals surface area contributed by atoms with Crippen molar-refractivity contribution in [3.05, 3.63) is 23.9 Å². The maximum atomic E-state index is 10.6. The van der Waals surface area contributed by atoms with Crippen LogP contribution in [0.1, 0.15) is 0 Å². The highest BCUT2D eigenvalue weighted by Gasteiger charge is 2.14. The van der Waals surface area contributed by atoms with Crippen LogP contribution in [-0.2, 0) is 4.79 Å². The summed E-state index contributed by atoms with van der Waals surface area (Å²) >= 11 is 4.06. The molecule has 1 rings (SSSR count). The van der Waals surface area contributed by atoms with Crippen molar-refractivity contribution in [1.29, 1.82) is 0 Å². The molecule has 0 aromatic carbocycles. The van der Waals surface area contributed by atoms with Gasteiger partial charge in [-0.2, -0.15) is 0 Å². The average Bonchev–Trinajstić information content (AvgIpc) is 1.88. The summed E-state index contributed by atoms with van der Waals surface area (Å²) in [5.74, 6) is -0.433. The number of hydrogen-bond acceptors (Lipinski definition) is 3. The predicted octanol–water partition coefficient (Wildman–Crippen LogP) is -0.229. The second-order valence-electron chi connectivity index (χ2n) is 1.91. The third-order valence-corrected chi connectivity index (χ3v) is 1.63. The zero-order valence-electron chi connectivity index (χ0n) is 5.24. The zero-order valence-corrected chi connectivity index (χ0v) is 6.14. The van der Waals surface area contributed by atoms with E-state index < -0.39 is 5.91 Å². The Balaban J connectivity index is 2.80. The van der Waals surface area contributed by atoms with Gasteiger partial charge < -0.3 is 11.1 Å². The average molecular weight is 156 g/mol. The zero-order chi connectivity index (χ0) is 7.56. The monoisotopic (exact) mass is 156 g/mol. The Morgan fingerprint density at radius 2 is 2.50 bits per heavy atom. The number of nitrogens with one attached hydrogen (secondary N) is 1. The van der Waals surface area contributed by atoms with Gasteiger partial charge in [-0.25, -0.2) is 0 Å². The highest BCUT2D eigenvalue weighted by atomic mass is 32.1. The largest absolute Gasteiger partial charge is 0.376 e. The summed E-state index contributed by atoms with van der Waals surface area (Å²) in [6.45, 7) is 0. The molecular formula is C6H8N2OS. The first kappa shape index (κ1) is 7.21. The van der Waals surface area contributed by atoms with Gasteiger partial charge in [0.2, 0.25) is 5.91 Å². The Hall–Kier alpha value is -0.900. The van der Waals surface area contributed by atoms with Crippen molar-refractivity contribution >= 4 is 18.5 Å². The minimum Gasteiger partial charge on any atom is -0.376 e. The molecule has 0 aromatic rings. The van der Waals surface area contributed by atoms with Gasteiger partial charge in [-0.15, -0.1) is 12.6 Å². The molecule has 1 aliphatic heterocycles. The molecule has 54 valence electrons. The molecule has 10 heavy (non-hydrogen) atoms. The first-order valence-electron chi connectivity index (χ1n) is 2.82. The number of carbonyl (C=O) groups is 1. The Kier molecular flexibility index (Phi) is 2.01. The highest BCUT2D eigenvalue weighted by Crippen LogP contribution is 2.09. The second-order valence-corrected chi connectivity index (χ2v) is 2.43. The maximum absolute atomic E-state index is 10.6. The van der Waals surface area contributed by atoms with Crippen molar-refractivity contribution < 1.29 is 4.79 Å². The number of carbonyl (C=O) groups excluding carboxylic acids is 1. The first-order chi connectivity index (χ1) is 4.72. The van der Waals surface area contributed by atoms with Crippen LogP contribution in [0, 0.1) is 0 Å². The number of rotatable bonds is 1. The smallest absolute Gasteiger partial charge is 0.247 e. The summed E-state index contributed by atoms with van der Waals surface area (Å²) in [6, 6.07) is 0. The normalized spacial score (nSPS) is 23.3. The van der Waals surface area contributed by atoms with E-state index in [1.165, 1.54) is 0 Å². The van der Waals surface area contributed by atoms with Gasteiger partial charge in [-0.1, -0.05) is 0 Å². The van der Waals surface area contributed by atoms with Gasteiger partial charge in [-0.3, -0.25) is 4.79 Å². The molecule has 0 bridgehead atoms. The molecule has 1 aliphatic rings. The quantitative estimate of drug-likeness (QED) is 0.459. The van der Waals surface area contributed by atoms with E-state index >= 15 is 0 Å². The fourth-order valence-electron chi connectivity index (χ4n) is 0.696. The number of thiol groups is 1. The van der Waals surface area contributed by atoms with Crippen molar-refractivity contribution in [3.63, 3.8) is 0 Å². The third kappa shape index (κ3) is 1.33. The summed E-state index contributed by atoms with van der Waals surface area (Å²) in [4.78, 5) is 10.6. The van der Waals surface area contributed by atoms with E-state index in [1.54, 1.807) is 18.4 Å². The van der Waals surface area contributed by atoms with E-state index in [0.717, 1.165) is 0 Å². The minimum absolute atomic E-state index is 0.262. The van der Waals surface area contributed by atoms with E-state index in [4.69, 9.17) is 5.73 Å². The molecule has 3 nitrogen and oxygen atoms in total. The predicted molar refractivity (Wildman–Crippen MR) is 42.3 cm³/mol. The Labute approximate surface area is 64.4 Å². The van der Waals surface area contributed by atoms with Gasteiger partial charge in [0.05, 0.1) is 0 Å². The van der Waals surface area contributed by atoms with Gasteiger partial charge in [-0.05, 0) is 18.4 Å². The van der Waals surface area contributed by atoms with E-state index in [-0.39, 0.29) is 5.37 Å². The molecule has 1 heterocycles. The van der Waals surface area contributed by atoms with E-state index in [1.807, 2.05) is 0 Å². The Morgan fingerprint density at radius 3 is 2.90 bits per heavy atom. The Bertz CT molecular complexity index is 210. The van der Waals surface area contributed by atoms with Crippen LogP contribution in [0.4, 0.5) is 0 Å². The molecule has 0 spiro atoms. The SMILES string of the molecule is NC(=O)C1=CC=CNC1S. The van der Waals surface area contributed by atoms with E-state index in [9.17, 15) is 4.79 Å². The second kappa shape index (κ2) is 2.79. The number of dihydropyridines is 1. The van der Waals surface area contributed by atoms with Crippen LogP contribution in [0.3, 0.4) is 0 Å². The fourth-order valence-corrected chi connectivity index (χ4v) is 0.996. The highest BCUT2D eigenvalue weighted by molar-refractivity contribution is 7.81. The topological polar surface area (TPSA) is 55.1 Å². The number of amides is 1. The van der Waals surface area contributed by atoms with Crippen LogP contribution in [-0.4, -0.2) is 11.3 Å². The number of primary amides is 1. The summed E-state index contributed by atoms with van der Waals surface area (Å²) in [5.41, 5.74) is 5.52. The molecule has 0 aromatic heterocycles. The molecule has 4 heteroatoms. The van der Waals surface area contributed by atoms with Crippen LogP contribution in [0.5, 0.6) is 0 Å². The summed E-state index contributed by atoms with van der Waals surface area (Å²) < 4.78 is 0. The molecule has 0 saturated heterocycles. The molecular weight excluding hydrogens is 148 g/mol. The maximum Gasteiger partial charge on any atom is 0.247 e. The molecule has 3 N–H and O–H groups in total. The van der Waals surface area contributed by atoms with Crippen LogP contribution >= 0.6 is 12.6 Å². The van der Waals surface area contributed by atoms with E-state index in [0.29, 0.717) is 5.57 Å². The molecule has 0 fully saturated rings. The molecule has 1 atom stereocenters. The van der Waals surface area contributed by atoms with Crippen molar-refractivity contribution in [3.8, 4) is 0 Å². The van der Waals surface area contributed by atoms with E-state index in [2.05, 4.69) is 17.9 Å². The molecule has 1 amide bonds.